The molecule has 1 heterocycles. The van der Waals surface area contributed by atoms with Crippen LogP contribution >= 0.6 is 0 Å². The molecule has 0 aromatic rings. The van der Waals surface area contributed by atoms with E-state index in [-0.39, 0.29) is 18.6 Å². The quantitative estimate of drug-likeness (QED) is 0.411. The largest absolute Gasteiger partial charge is 0.459 e. The first-order chi connectivity index (χ1) is 8.97. The minimum atomic E-state index is -0.486. The SMILES string of the molecule is C=C(C)C(=O)OCCOC(=O)C(=C)C12COCC1C2. The van der Waals surface area contributed by atoms with Gasteiger partial charge in [-0.2, -0.15) is 0 Å². The standard InChI is InChI=1S/C14H18O5/c1-9(2)12(15)18-4-5-19-13(16)10(3)14-6-11(14)7-17-8-14/h11H,1,3-8H2,2H3. The van der Waals surface area contributed by atoms with Gasteiger partial charge >= 0.3 is 11.9 Å². The lowest BCUT2D eigenvalue weighted by Crippen LogP contribution is -2.21. The van der Waals surface area contributed by atoms with Gasteiger partial charge in [0.25, 0.3) is 0 Å². The van der Waals surface area contributed by atoms with Crippen molar-refractivity contribution < 1.29 is 23.8 Å². The van der Waals surface area contributed by atoms with Crippen LogP contribution in [-0.2, 0) is 23.8 Å². The fourth-order valence-corrected chi connectivity index (χ4v) is 2.30. The van der Waals surface area contributed by atoms with Gasteiger partial charge < -0.3 is 14.2 Å². The van der Waals surface area contributed by atoms with Crippen molar-refractivity contribution in [3.8, 4) is 0 Å². The first-order valence-corrected chi connectivity index (χ1v) is 6.24. The van der Waals surface area contributed by atoms with Crippen molar-refractivity contribution in [1.29, 1.82) is 0 Å². The summed E-state index contributed by atoms with van der Waals surface area (Å²) in [5, 5.41) is 0. The Bertz CT molecular complexity index is 439. The van der Waals surface area contributed by atoms with Crippen LogP contribution < -0.4 is 0 Å². The molecule has 0 aromatic carbocycles. The van der Waals surface area contributed by atoms with Crippen LogP contribution in [0.25, 0.3) is 0 Å². The lowest BCUT2D eigenvalue weighted by atomic mass is 9.97. The summed E-state index contributed by atoms with van der Waals surface area (Å²) >= 11 is 0. The number of carbonyl (C=O) groups excluding carboxylic acids is 2. The topological polar surface area (TPSA) is 61.8 Å². The van der Waals surface area contributed by atoms with Gasteiger partial charge in [0.05, 0.1) is 13.2 Å². The average Bonchev–Trinajstić information content (AvgIpc) is 2.95. The highest BCUT2D eigenvalue weighted by Crippen LogP contribution is 2.61. The van der Waals surface area contributed by atoms with E-state index < -0.39 is 11.9 Å². The van der Waals surface area contributed by atoms with Crippen LogP contribution in [0.4, 0.5) is 0 Å². The zero-order chi connectivity index (χ0) is 14.0. The molecule has 19 heavy (non-hydrogen) atoms. The molecule has 0 aromatic heterocycles. The summed E-state index contributed by atoms with van der Waals surface area (Å²) in [6.07, 6.45) is 0.950. The Kier molecular flexibility index (Phi) is 3.75. The third kappa shape index (κ3) is 2.71. The molecule has 1 aliphatic heterocycles. The van der Waals surface area contributed by atoms with Crippen LogP contribution in [0.1, 0.15) is 13.3 Å². The number of rotatable bonds is 6. The second kappa shape index (κ2) is 5.17. The van der Waals surface area contributed by atoms with E-state index in [4.69, 9.17) is 14.2 Å². The molecule has 2 fully saturated rings. The highest BCUT2D eigenvalue weighted by molar-refractivity contribution is 5.90. The monoisotopic (exact) mass is 266 g/mol. The van der Waals surface area contributed by atoms with Gasteiger partial charge in [0.15, 0.2) is 0 Å². The van der Waals surface area contributed by atoms with Gasteiger partial charge in [0, 0.05) is 16.6 Å². The Balaban J connectivity index is 1.69. The molecule has 0 radical (unpaired) electrons. The zero-order valence-electron chi connectivity index (χ0n) is 11.1. The van der Waals surface area contributed by atoms with Crippen LogP contribution in [0.2, 0.25) is 0 Å². The van der Waals surface area contributed by atoms with Crippen LogP contribution in [0.5, 0.6) is 0 Å². The molecule has 5 nitrogen and oxygen atoms in total. The average molecular weight is 266 g/mol. The predicted octanol–water partition coefficient (Wildman–Crippen LogP) is 1.24. The summed E-state index contributed by atoms with van der Waals surface area (Å²) in [5.41, 5.74) is 0.602. The van der Waals surface area contributed by atoms with E-state index in [0.717, 1.165) is 6.42 Å². The lowest BCUT2D eigenvalue weighted by molar-refractivity contribution is -0.147. The van der Waals surface area contributed by atoms with Gasteiger partial charge in [-0.3, -0.25) is 0 Å². The van der Waals surface area contributed by atoms with Gasteiger partial charge in [-0.15, -0.1) is 0 Å². The van der Waals surface area contributed by atoms with Crippen molar-refractivity contribution in [2.75, 3.05) is 26.4 Å². The van der Waals surface area contributed by atoms with Crippen molar-refractivity contribution in [3.63, 3.8) is 0 Å². The third-order valence-corrected chi connectivity index (χ3v) is 3.66. The summed E-state index contributed by atoms with van der Waals surface area (Å²) in [4.78, 5) is 22.9. The van der Waals surface area contributed by atoms with Crippen molar-refractivity contribution in [2.45, 2.75) is 13.3 Å². The second-order valence-electron chi connectivity index (χ2n) is 5.10. The van der Waals surface area contributed by atoms with E-state index in [1.165, 1.54) is 0 Å². The number of fused-ring (bicyclic) bond motifs is 1. The molecule has 2 aliphatic rings. The Morgan fingerprint density at radius 1 is 1.26 bits per heavy atom. The molecule has 2 rings (SSSR count). The van der Waals surface area contributed by atoms with E-state index in [1.54, 1.807) is 6.92 Å². The van der Waals surface area contributed by atoms with Gasteiger partial charge in [-0.1, -0.05) is 13.2 Å². The van der Waals surface area contributed by atoms with E-state index in [9.17, 15) is 9.59 Å². The summed E-state index contributed by atoms with van der Waals surface area (Å²) < 4.78 is 15.2. The fraction of sp³-hybridized carbons (Fsp3) is 0.571. The summed E-state index contributed by atoms with van der Waals surface area (Å²) in [6.45, 7) is 10.1. The van der Waals surface area contributed by atoms with E-state index in [2.05, 4.69) is 13.2 Å². The Morgan fingerprint density at radius 2 is 1.89 bits per heavy atom. The number of hydrogen-bond donors (Lipinski definition) is 0. The van der Waals surface area contributed by atoms with Crippen molar-refractivity contribution in [2.24, 2.45) is 11.3 Å². The summed E-state index contributed by atoms with van der Waals surface area (Å²) in [6, 6.07) is 0. The lowest BCUT2D eigenvalue weighted by Gasteiger charge is -2.13. The molecule has 104 valence electrons. The maximum atomic E-state index is 11.8. The molecule has 0 amide bonds. The predicted molar refractivity (Wildman–Crippen MR) is 67.2 cm³/mol. The number of carbonyl (C=O) groups is 2. The molecule has 1 saturated carbocycles. The molecular weight excluding hydrogens is 248 g/mol. The molecule has 0 spiro atoms. The number of hydrogen-bond acceptors (Lipinski definition) is 5. The molecule has 1 aliphatic carbocycles. The molecule has 0 bridgehead atoms. The number of ether oxygens (including phenoxy) is 3. The molecular formula is C14H18O5. The zero-order valence-corrected chi connectivity index (χ0v) is 11.1. The highest BCUT2D eigenvalue weighted by atomic mass is 16.6. The van der Waals surface area contributed by atoms with Gasteiger partial charge in [0.1, 0.15) is 13.2 Å². The van der Waals surface area contributed by atoms with E-state index in [0.29, 0.717) is 30.3 Å². The van der Waals surface area contributed by atoms with E-state index in [1.807, 2.05) is 0 Å². The normalized spacial score (nSPS) is 27.3. The molecule has 2 atom stereocenters. The maximum Gasteiger partial charge on any atom is 0.334 e. The summed E-state index contributed by atoms with van der Waals surface area (Å²) in [5.74, 6) is -0.506. The second-order valence-corrected chi connectivity index (χ2v) is 5.10. The van der Waals surface area contributed by atoms with Crippen LogP contribution in [-0.4, -0.2) is 38.4 Å². The van der Waals surface area contributed by atoms with Crippen molar-refractivity contribution in [1.82, 2.24) is 0 Å². The fourth-order valence-electron chi connectivity index (χ4n) is 2.30. The maximum absolute atomic E-state index is 11.8. The Labute approximate surface area is 112 Å². The van der Waals surface area contributed by atoms with Gasteiger partial charge in [-0.25, -0.2) is 9.59 Å². The molecule has 5 heteroatoms. The van der Waals surface area contributed by atoms with Crippen LogP contribution in [0.3, 0.4) is 0 Å². The molecule has 1 saturated heterocycles. The van der Waals surface area contributed by atoms with Crippen LogP contribution in [0.15, 0.2) is 24.3 Å². The van der Waals surface area contributed by atoms with Gasteiger partial charge in [-0.05, 0) is 19.3 Å². The summed E-state index contributed by atoms with van der Waals surface area (Å²) in [7, 11) is 0. The minimum absolute atomic E-state index is 0.0254. The van der Waals surface area contributed by atoms with Crippen molar-refractivity contribution in [3.05, 3.63) is 24.3 Å². The minimum Gasteiger partial charge on any atom is -0.459 e. The van der Waals surface area contributed by atoms with E-state index >= 15 is 0 Å². The Morgan fingerprint density at radius 3 is 2.37 bits per heavy atom. The third-order valence-electron chi connectivity index (χ3n) is 3.66. The Hall–Kier alpha value is -1.62. The van der Waals surface area contributed by atoms with Crippen molar-refractivity contribution >= 4 is 11.9 Å². The first kappa shape index (κ1) is 13.8. The van der Waals surface area contributed by atoms with Crippen LogP contribution in [0, 0.1) is 11.3 Å². The highest BCUT2D eigenvalue weighted by Gasteiger charge is 2.61. The molecule has 0 N–H and O–H groups in total. The number of esters is 2. The molecule has 2 unspecified atom stereocenters. The first-order valence-electron chi connectivity index (χ1n) is 6.24. The smallest absolute Gasteiger partial charge is 0.334 e. The van der Waals surface area contributed by atoms with Gasteiger partial charge in [0.2, 0.25) is 0 Å².